The summed E-state index contributed by atoms with van der Waals surface area (Å²) in [5.41, 5.74) is 2.61. The lowest BCUT2D eigenvalue weighted by Gasteiger charge is -2.42. The van der Waals surface area contributed by atoms with Crippen LogP contribution in [-0.4, -0.2) is 86.6 Å². The molecule has 1 unspecified atom stereocenters. The molecule has 0 aromatic heterocycles. The predicted octanol–water partition coefficient (Wildman–Crippen LogP) is 1.92. The van der Waals surface area contributed by atoms with Gasteiger partial charge in [0, 0.05) is 51.0 Å². The minimum Gasteiger partial charge on any atom is -0.369 e. The number of fused-ring (bicyclic) bond motifs is 2. The maximum absolute atomic E-state index is 12.9. The van der Waals surface area contributed by atoms with Gasteiger partial charge in [-0.2, -0.15) is 0 Å². The molecule has 148 valence electrons. The van der Waals surface area contributed by atoms with Gasteiger partial charge < -0.3 is 14.7 Å². The van der Waals surface area contributed by atoms with E-state index in [4.69, 9.17) is 0 Å². The molecular weight excluding hydrogens is 336 g/mol. The largest absolute Gasteiger partial charge is 0.369 e. The van der Waals surface area contributed by atoms with Crippen LogP contribution in [0.15, 0.2) is 24.3 Å². The fraction of sp³-hybridized carbons (Fsp3) is 0.682. The lowest BCUT2D eigenvalue weighted by molar-refractivity contribution is -0.135. The average molecular weight is 371 g/mol. The van der Waals surface area contributed by atoms with E-state index in [2.05, 4.69) is 64.9 Å². The Balaban J connectivity index is 1.28. The van der Waals surface area contributed by atoms with Gasteiger partial charge in [0.05, 0.1) is 6.54 Å². The summed E-state index contributed by atoms with van der Waals surface area (Å²) in [6, 6.07) is 9.40. The summed E-state index contributed by atoms with van der Waals surface area (Å²) in [7, 11) is 4.39. The van der Waals surface area contributed by atoms with Crippen molar-refractivity contribution in [3.8, 4) is 0 Å². The van der Waals surface area contributed by atoms with E-state index in [1.807, 2.05) is 0 Å². The zero-order valence-electron chi connectivity index (χ0n) is 17.1. The molecule has 2 aliphatic heterocycles. The number of carbonyl (C=O) groups excluding carboxylic acids is 1. The van der Waals surface area contributed by atoms with E-state index in [1.54, 1.807) is 0 Å². The van der Waals surface area contributed by atoms with Crippen molar-refractivity contribution in [2.45, 2.75) is 25.8 Å². The van der Waals surface area contributed by atoms with Gasteiger partial charge in [0.1, 0.15) is 0 Å². The SMILES string of the molecule is Cc1cccc(N2CCN(CC(=O)N3C[C@H]4CC[C@@H](C3)C4N(C)C)CC2)c1. The summed E-state index contributed by atoms with van der Waals surface area (Å²) >= 11 is 0. The average Bonchev–Trinajstić information content (AvgIpc) is 2.93. The first-order valence-corrected chi connectivity index (χ1v) is 10.5. The van der Waals surface area contributed by atoms with Crippen LogP contribution in [0, 0.1) is 18.8 Å². The van der Waals surface area contributed by atoms with Crippen LogP contribution >= 0.6 is 0 Å². The molecule has 4 rings (SSSR count). The summed E-state index contributed by atoms with van der Waals surface area (Å²) in [5.74, 6) is 1.68. The summed E-state index contributed by atoms with van der Waals surface area (Å²) in [6.45, 7) is 8.61. The number of piperazine rings is 1. The normalized spacial score (nSPS) is 28.8. The van der Waals surface area contributed by atoms with Gasteiger partial charge in [-0.3, -0.25) is 9.69 Å². The third-order valence-corrected chi connectivity index (χ3v) is 6.83. The number of nitrogens with zero attached hydrogens (tertiary/aromatic N) is 4. The number of hydrogen-bond acceptors (Lipinski definition) is 4. The number of amides is 1. The van der Waals surface area contributed by atoms with Crippen molar-refractivity contribution in [2.75, 3.05) is 64.8 Å². The molecule has 3 aliphatic rings. The van der Waals surface area contributed by atoms with Crippen LogP contribution in [0.25, 0.3) is 0 Å². The standard InChI is InChI=1S/C22H34N4O/c1-17-5-4-6-20(13-17)25-11-9-24(10-12-25)16-21(27)26-14-18-7-8-19(15-26)22(18)23(2)3/h4-6,13,18-19,22H,7-12,14-16H2,1-3H3/t18-,19+,22?. The fourth-order valence-electron chi connectivity index (χ4n) is 5.52. The van der Waals surface area contributed by atoms with E-state index in [1.165, 1.54) is 24.1 Å². The number of anilines is 1. The van der Waals surface area contributed by atoms with Gasteiger partial charge in [-0.1, -0.05) is 12.1 Å². The van der Waals surface area contributed by atoms with E-state index in [0.29, 0.717) is 30.3 Å². The Kier molecular flexibility index (Phi) is 5.42. The van der Waals surface area contributed by atoms with Gasteiger partial charge in [-0.15, -0.1) is 0 Å². The molecule has 1 aromatic carbocycles. The second-order valence-electron chi connectivity index (χ2n) is 8.95. The van der Waals surface area contributed by atoms with E-state index in [-0.39, 0.29) is 0 Å². The zero-order chi connectivity index (χ0) is 19.0. The van der Waals surface area contributed by atoms with Gasteiger partial charge in [-0.25, -0.2) is 0 Å². The summed E-state index contributed by atoms with van der Waals surface area (Å²) < 4.78 is 0. The molecule has 3 atom stereocenters. The first-order chi connectivity index (χ1) is 13.0. The first kappa shape index (κ1) is 18.8. The molecule has 27 heavy (non-hydrogen) atoms. The van der Waals surface area contributed by atoms with Crippen molar-refractivity contribution in [1.29, 1.82) is 0 Å². The molecular formula is C22H34N4O. The van der Waals surface area contributed by atoms with Gasteiger partial charge in [0.2, 0.25) is 5.91 Å². The maximum Gasteiger partial charge on any atom is 0.236 e. The Morgan fingerprint density at radius 2 is 1.74 bits per heavy atom. The predicted molar refractivity (Wildman–Crippen MR) is 110 cm³/mol. The minimum atomic E-state index is 0.341. The lowest BCUT2D eigenvalue weighted by atomic mass is 9.91. The Morgan fingerprint density at radius 3 is 2.33 bits per heavy atom. The highest BCUT2D eigenvalue weighted by atomic mass is 16.2. The van der Waals surface area contributed by atoms with Crippen molar-refractivity contribution in [3.05, 3.63) is 29.8 Å². The molecule has 1 saturated carbocycles. The van der Waals surface area contributed by atoms with Gasteiger partial charge in [-0.05, 0) is 63.4 Å². The number of benzene rings is 1. The third-order valence-electron chi connectivity index (χ3n) is 6.83. The number of likely N-dealkylation sites (tertiary alicyclic amines) is 1. The molecule has 2 saturated heterocycles. The Morgan fingerprint density at radius 1 is 1.07 bits per heavy atom. The monoisotopic (exact) mass is 370 g/mol. The molecule has 5 heteroatoms. The van der Waals surface area contributed by atoms with Crippen LogP contribution in [0.5, 0.6) is 0 Å². The first-order valence-electron chi connectivity index (χ1n) is 10.5. The van der Waals surface area contributed by atoms with Crippen molar-refractivity contribution in [1.82, 2.24) is 14.7 Å². The molecule has 1 aromatic rings. The number of piperidine rings is 1. The summed E-state index contributed by atoms with van der Waals surface area (Å²) in [4.78, 5) is 22.2. The van der Waals surface area contributed by atoms with Crippen LogP contribution in [0.3, 0.4) is 0 Å². The van der Waals surface area contributed by atoms with Crippen LogP contribution in [0.1, 0.15) is 18.4 Å². The van der Waals surface area contributed by atoms with Crippen molar-refractivity contribution >= 4 is 11.6 Å². The van der Waals surface area contributed by atoms with Crippen LogP contribution in [0.4, 0.5) is 5.69 Å². The van der Waals surface area contributed by atoms with E-state index < -0.39 is 0 Å². The minimum absolute atomic E-state index is 0.341. The lowest BCUT2D eigenvalue weighted by Crippen LogP contribution is -2.55. The second kappa shape index (κ2) is 7.80. The molecule has 0 N–H and O–H groups in total. The van der Waals surface area contributed by atoms with Crippen LogP contribution < -0.4 is 4.90 Å². The van der Waals surface area contributed by atoms with Crippen LogP contribution in [-0.2, 0) is 4.79 Å². The number of hydrogen-bond donors (Lipinski definition) is 0. The van der Waals surface area contributed by atoms with Gasteiger partial charge in [0.25, 0.3) is 0 Å². The molecule has 2 bridgehead atoms. The summed E-state index contributed by atoms with van der Waals surface area (Å²) in [6.07, 6.45) is 2.57. The Labute approximate surface area is 163 Å². The molecule has 0 radical (unpaired) electrons. The number of rotatable bonds is 4. The quantitative estimate of drug-likeness (QED) is 0.810. The van der Waals surface area contributed by atoms with E-state index in [9.17, 15) is 4.79 Å². The molecule has 2 heterocycles. The van der Waals surface area contributed by atoms with Crippen molar-refractivity contribution in [3.63, 3.8) is 0 Å². The van der Waals surface area contributed by atoms with Crippen LogP contribution in [0.2, 0.25) is 0 Å². The van der Waals surface area contributed by atoms with E-state index >= 15 is 0 Å². The highest BCUT2D eigenvalue weighted by Gasteiger charge is 2.44. The highest BCUT2D eigenvalue weighted by Crippen LogP contribution is 2.39. The fourth-order valence-corrected chi connectivity index (χ4v) is 5.52. The second-order valence-corrected chi connectivity index (χ2v) is 8.95. The number of aryl methyl sites for hydroxylation is 1. The zero-order valence-corrected chi connectivity index (χ0v) is 17.1. The number of carbonyl (C=O) groups is 1. The Bertz CT molecular complexity index is 654. The molecule has 5 nitrogen and oxygen atoms in total. The Hall–Kier alpha value is -1.59. The summed E-state index contributed by atoms with van der Waals surface area (Å²) in [5, 5.41) is 0. The van der Waals surface area contributed by atoms with Crippen molar-refractivity contribution < 1.29 is 4.79 Å². The van der Waals surface area contributed by atoms with E-state index in [0.717, 1.165) is 39.3 Å². The molecule has 1 aliphatic carbocycles. The molecule has 0 spiro atoms. The highest BCUT2D eigenvalue weighted by molar-refractivity contribution is 5.78. The molecule has 3 fully saturated rings. The third kappa shape index (κ3) is 3.99. The maximum atomic E-state index is 12.9. The molecule has 1 amide bonds. The van der Waals surface area contributed by atoms with Gasteiger partial charge >= 0.3 is 0 Å². The van der Waals surface area contributed by atoms with Gasteiger partial charge in [0.15, 0.2) is 0 Å². The smallest absolute Gasteiger partial charge is 0.236 e. The van der Waals surface area contributed by atoms with Crippen molar-refractivity contribution in [2.24, 2.45) is 11.8 Å². The topological polar surface area (TPSA) is 30.0 Å².